The molecule has 2 N–H and O–H groups in total. The first-order chi connectivity index (χ1) is 7.38. The minimum Gasteiger partial charge on any atom is -0.366 e. The summed E-state index contributed by atoms with van der Waals surface area (Å²) in [5, 5.41) is 15.4. The summed E-state index contributed by atoms with van der Waals surface area (Å²) in [6.45, 7) is 2.07. The van der Waals surface area contributed by atoms with Gasteiger partial charge >= 0.3 is 0 Å². The summed E-state index contributed by atoms with van der Waals surface area (Å²) >= 11 is 0. The fraction of sp³-hybridized carbons (Fsp3) is 0.455. The molecule has 0 amide bonds. The Bertz CT molecular complexity index is 363. The van der Waals surface area contributed by atoms with E-state index >= 15 is 0 Å². The molecule has 1 unspecified atom stereocenters. The molecule has 1 atom stereocenters. The van der Waals surface area contributed by atoms with E-state index in [0.717, 1.165) is 25.3 Å². The highest BCUT2D eigenvalue weighted by Gasteiger charge is 2.12. The smallest absolute Gasteiger partial charge is 0.127 e. The number of hydrogen-bond acceptors (Lipinski definition) is 4. The maximum atomic E-state index is 8.75. The molecule has 0 bridgehead atoms. The van der Waals surface area contributed by atoms with Gasteiger partial charge in [-0.2, -0.15) is 5.26 Å². The summed E-state index contributed by atoms with van der Waals surface area (Å²) in [5.41, 5.74) is 0.649. The lowest BCUT2D eigenvalue weighted by Gasteiger charge is -2.24. The third kappa shape index (κ3) is 2.67. The molecule has 0 aliphatic carbocycles. The second-order valence-corrected chi connectivity index (χ2v) is 3.73. The average molecular weight is 202 g/mol. The van der Waals surface area contributed by atoms with E-state index in [1.807, 2.05) is 0 Å². The van der Waals surface area contributed by atoms with E-state index in [1.165, 1.54) is 6.42 Å². The largest absolute Gasteiger partial charge is 0.366 e. The number of rotatable bonds is 2. The van der Waals surface area contributed by atoms with Crippen LogP contribution in [0.1, 0.15) is 18.4 Å². The molecule has 1 aliphatic heterocycles. The summed E-state index contributed by atoms with van der Waals surface area (Å²) in [5.74, 6) is 0.794. The molecule has 1 fully saturated rings. The Morgan fingerprint density at radius 1 is 1.60 bits per heavy atom. The van der Waals surface area contributed by atoms with Gasteiger partial charge in [0.15, 0.2) is 0 Å². The lowest BCUT2D eigenvalue weighted by atomic mass is 10.1. The van der Waals surface area contributed by atoms with Crippen LogP contribution in [0.25, 0.3) is 0 Å². The summed E-state index contributed by atoms with van der Waals surface area (Å²) in [6.07, 6.45) is 4.01. The third-order valence-electron chi connectivity index (χ3n) is 2.54. The molecular weight excluding hydrogens is 188 g/mol. The van der Waals surface area contributed by atoms with Gasteiger partial charge in [-0.15, -0.1) is 0 Å². The van der Waals surface area contributed by atoms with Gasteiger partial charge in [0.2, 0.25) is 0 Å². The van der Waals surface area contributed by atoms with Gasteiger partial charge in [-0.1, -0.05) is 0 Å². The van der Waals surface area contributed by atoms with Crippen LogP contribution in [0.3, 0.4) is 0 Å². The highest BCUT2D eigenvalue weighted by Crippen LogP contribution is 2.11. The van der Waals surface area contributed by atoms with Gasteiger partial charge in [0.25, 0.3) is 0 Å². The van der Waals surface area contributed by atoms with Crippen molar-refractivity contribution in [1.29, 1.82) is 5.26 Å². The molecule has 1 aliphatic rings. The number of pyridine rings is 1. The van der Waals surface area contributed by atoms with E-state index in [0.29, 0.717) is 11.6 Å². The van der Waals surface area contributed by atoms with Crippen molar-refractivity contribution in [2.45, 2.75) is 18.9 Å². The van der Waals surface area contributed by atoms with Crippen molar-refractivity contribution >= 4 is 5.82 Å². The fourth-order valence-electron chi connectivity index (χ4n) is 1.76. The minimum atomic E-state index is 0.431. The van der Waals surface area contributed by atoms with Crippen molar-refractivity contribution in [2.75, 3.05) is 18.4 Å². The minimum absolute atomic E-state index is 0.431. The second-order valence-electron chi connectivity index (χ2n) is 3.73. The molecule has 1 saturated heterocycles. The van der Waals surface area contributed by atoms with E-state index in [9.17, 15) is 0 Å². The number of nitriles is 1. The Morgan fingerprint density at radius 2 is 2.53 bits per heavy atom. The van der Waals surface area contributed by atoms with Gasteiger partial charge in [-0.05, 0) is 31.5 Å². The first-order valence-corrected chi connectivity index (χ1v) is 5.22. The topological polar surface area (TPSA) is 60.7 Å². The molecule has 1 aromatic rings. The van der Waals surface area contributed by atoms with Crippen molar-refractivity contribution in [3.8, 4) is 6.07 Å². The zero-order valence-electron chi connectivity index (χ0n) is 8.53. The summed E-state index contributed by atoms with van der Waals surface area (Å²) < 4.78 is 0. The number of anilines is 1. The lowest BCUT2D eigenvalue weighted by molar-refractivity contribution is 0.479. The molecule has 0 aromatic carbocycles. The van der Waals surface area contributed by atoms with Gasteiger partial charge in [0.1, 0.15) is 5.82 Å². The van der Waals surface area contributed by atoms with Gasteiger partial charge in [-0.25, -0.2) is 4.98 Å². The highest BCUT2D eigenvalue weighted by molar-refractivity contribution is 5.43. The fourth-order valence-corrected chi connectivity index (χ4v) is 1.76. The van der Waals surface area contributed by atoms with Crippen LogP contribution in [0.5, 0.6) is 0 Å². The van der Waals surface area contributed by atoms with Crippen molar-refractivity contribution in [3.05, 3.63) is 23.9 Å². The van der Waals surface area contributed by atoms with Gasteiger partial charge < -0.3 is 10.6 Å². The number of piperidine rings is 1. The normalized spacial score (nSPS) is 20.6. The molecular formula is C11H14N4. The molecule has 0 radical (unpaired) electrons. The van der Waals surface area contributed by atoms with Crippen LogP contribution in [-0.2, 0) is 0 Å². The quantitative estimate of drug-likeness (QED) is 0.754. The van der Waals surface area contributed by atoms with Crippen LogP contribution in [0.2, 0.25) is 0 Å². The van der Waals surface area contributed by atoms with Crippen LogP contribution in [0.15, 0.2) is 18.3 Å². The maximum Gasteiger partial charge on any atom is 0.127 e. The monoisotopic (exact) mass is 202 g/mol. The van der Waals surface area contributed by atoms with Crippen LogP contribution in [0.4, 0.5) is 5.82 Å². The predicted octanol–water partition coefficient (Wildman–Crippen LogP) is 1.12. The molecule has 4 nitrogen and oxygen atoms in total. The molecule has 0 saturated carbocycles. The first-order valence-electron chi connectivity index (χ1n) is 5.22. The molecule has 1 aromatic heterocycles. The molecule has 15 heavy (non-hydrogen) atoms. The zero-order chi connectivity index (χ0) is 10.5. The van der Waals surface area contributed by atoms with E-state index in [1.54, 1.807) is 18.3 Å². The number of hydrogen-bond donors (Lipinski definition) is 2. The standard InChI is InChI=1S/C11H14N4/c12-7-9-3-5-14-11(6-9)15-10-2-1-4-13-8-10/h3,5-6,10,13H,1-2,4,8H2,(H,14,15). The van der Waals surface area contributed by atoms with Gasteiger partial charge in [0.05, 0.1) is 11.6 Å². The molecule has 2 heterocycles. The SMILES string of the molecule is N#Cc1ccnc(NC2CCCNC2)c1. The Labute approximate surface area is 89.3 Å². The molecule has 78 valence electrons. The Balaban J connectivity index is 2.00. The van der Waals surface area contributed by atoms with E-state index in [-0.39, 0.29) is 0 Å². The van der Waals surface area contributed by atoms with Crippen molar-refractivity contribution in [3.63, 3.8) is 0 Å². The van der Waals surface area contributed by atoms with Crippen molar-refractivity contribution < 1.29 is 0 Å². The number of aromatic nitrogens is 1. The Hall–Kier alpha value is -1.60. The lowest BCUT2D eigenvalue weighted by Crippen LogP contribution is -2.38. The highest BCUT2D eigenvalue weighted by atomic mass is 15.1. The molecule has 4 heteroatoms. The summed E-state index contributed by atoms with van der Waals surface area (Å²) in [7, 11) is 0. The second kappa shape index (κ2) is 4.76. The van der Waals surface area contributed by atoms with Crippen LogP contribution in [-0.4, -0.2) is 24.1 Å². The van der Waals surface area contributed by atoms with Crippen LogP contribution in [0, 0.1) is 11.3 Å². The number of nitrogens with one attached hydrogen (secondary N) is 2. The molecule has 0 spiro atoms. The van der Waals surface area contributed by atoms with Crippen molar-refractivity contribution in [2.24, 2.45) is 0 Å². The predicted molar refractivity (Wildman–Crippen MR) is 58.5 cm³/mol. The Morgan fingerprint density at radius 3 is 3.27 bits per heavy atom. The third-order valence-corrected chi connectivity index (χ3v) is 2.54. The van der Waals surface area contributed by atoms with Crippen LogP contribution >= 0.6 is 0 Å². The zero-order valence-corrected chi connectivity index (χ0v) is 8.53. The number of nitrogens with zero attached hydrogens (tertiary/aromatic N) is 2. The van der Waals surface area contributed by atoms with Gasteiger partial charge in [0, 0.05) is 18.8 Å². The summed E-state index contributed by atoms with van der Waals surface area (Å²) in [6, 6.07) is 6.04. The summed E-state index contributed by atoms with van der Waals surface area (Å²) in [4.78, 5) is 4.19. The Kier molecular flexibility index (Phi) is 3.15. The molecule has 2 rings (SSSR count). The average Bonchev–Trinajstić information content (AvgIpc) is 2.31. The maximum absolute atomic E-state index is 8.75. The van der Waals surface area contributed by atoms with E-state index in [2.05, 4.69) is 21.7 Å². The van der Waals surface area contributed by atoms with E-state index in [4.69, 9.17) is 5.26 Å². The first kappa shape index (κ1) is 9.94. The van der Waals surface area contributed by atoms with Crippen molar-refractivity contribution in [1.82, 2.24) is 10.3 Å². The van der Waals surface area contributed by atoms with Crippen LogP contribution < -0.4 is 10.6 Å². The van der Waals surface area contributed by atoms with Gasteiger partial charge in [-0.3, -0.25) is 0 Å². The van der Waals surface area contributed by atoms with E-state index < -0.39 is 0 Å².